The van der Waals surface area contributed by atoms with Crippen LogP contribution in [0.25, 0.3) is 0 Å². The van der Waals surface area contributed by atoms with Crippen LogP contribution >= 0.6 is 24.2 Å². The second-order valence-corrected chi connectivity index (χ2v) is 5.07. The highest BCUT2D eigenvalue weighted by Crippen LogP contribution is 2.18. The Morgan fingerprint density at radius 3 is 3.00 bits per heavy atom. The standard InChI is InChI=1S/C12H18N2S.ClH/c1-3-8-13-11(5-1)7-10-15-12-6-2-4-9-14-12;/h2,4,6,9,11,13H,1,3,5,7-8,10H2;1H. The summed E-state index contributed by atoms with van der Waals surface area (Å²) in [4.78, 5) is 4.30. The third kappa shape index (κ3) is 4.73. The first-order valence-corrected chi connectivity index (χ1v) is 6.71. The third-order valence-electron chi connectivity index (χ3n) is 2.77. The van der Waals surface area contributed by atoms with Crippen molar-refractivity contribution in [2.75, 3.05) is 12.3 Å². The van der Waals surface area contributed by atoms with E-state index in [1.165, 1.54) is 38.0 Å². The Bertz CT molecular complexity index is 276. The number of rotatable bonds is 4. The Morgan fingerprint density at radius 1 is 1.38 bits per heavy atom. The van der Waals surface area contributed by atoms with E-state index in [9.17, 15) is 0 Å². The van der Waals surface area contributed by atoms with Crippen LogP contribution < -0.4 is 5.32 Å². The van der Waals surface area contributed by atoms with Gasteiger partial charge in [-0.3, -0.25) is 0 Å². The van der Waals surface area contributed by atoms with Crippen molar-refractivity contribution in [3.05, 3.63) is 24.4 Å². The molecule has 1 N–H and O–H groups in total. The Labute approximate surface area is 108 Å². The molecule has 4 heteroatoms. The molecular weight excluding hydrogens is 240 g/mol. The van der Waals surface area contributed by atoms with E-state index >= 15 is 0 Å². The molecule has 1 aliphatic rings. The molecule has 90 valence electrons. The van der Waals surface area contributed by atoms with Crippen LogP contribution in [0.15, 0.2) is 29.4 Å². The highest BCUT2D eigenvalue weighted by atomic mass is 35.5. The van der Waals surface area contributed by atoms with Gasteiger partial charge in [0.1, 0.15) is 0 Å². The van der Waals surface area contributed by atoms with Gasteiger partial charge >= 0.3 is 0 Å². The molecule has 0 aromatic carbocycles. The van der Waals surface area contributed by atoms with Gasteiger partial charge in [-0.2, -0.15) is 0 Å². The molecule has 0 radical (unpaired) electrons. The summed E-state index contributed by atoms with van der Waals surface area (Å²) >= 11 is 1.86. The fourth-order valence-electron chi connectivity index (χ4n) is 1.91. The van der Waals surface area contributed by atoms with Crippen LogP contribution in [0.4, 0.5) is 0 Å². The molecule has 2 heterocycles. The molecule has 1 aromatic heterocycles. The zero-order chi connectivity index (χ0) is 10.3. The van der Waals surface area contributed by atoms with Crippen LogP contribution in [-0.4, -0.2) is 23.3 Å². The average molecular weight is 259 g/mol. The first-order valence-electron chi connectivity index (χ1n) is 5.72. The van der Waals surface area contributed by atoms with Crippen molar-refractivity contribution in [3.63, 3.8) is 0 Å². The molecule has 0 amide bonds. The van der Waals surface area contributed by atoms with E-state index in [0.29, 0.717) is 0 Å². The normalized spacial score (nSPS) is 20.1. The van der Waals surface area contributed by atoms with Crippen LogP contribution in [-0.2, 0) is 0 Å². The second kappa shape index (κ2) is 7.93. The van der Waals surface area contributed by atoms with Gasteiger partial charge in [-0.15, -0.1) is 24.2 Å². The van der Waals surface area contributed by atoms with Crippen molar-refractivity contribution < 1.29 is 0 Å². The van der Waals surface area contributed by atoms with Gasteiger partial charge in [-0.1, -0.05) is 12.5 Å². The first kappa shape index (κ1) is 13.8. The molecule has 0 bridgehead atoms. The van der Waals surface area contributed by atoms with Crippen LogP contribution in [0.5, 0.6) is 0 Å². The monoisotopic (exact) mass is 258 g/mol. The van der Waals surface area contributed by atoms with Gasteiger partial charge in [0.05, 0.1) is 5.03 Å². The predicted octanol–water partition coefficient (Wildman–Crippen LogP) is 3.13. The highest BCUT2D eigenvalue weighted by molar-refractivity contribution is 7.99. The van der Waals surface area contributed by atoms with Gasteiger partial charge in [0.25, 0.3) is 0 Å². The number of thioether (sulfide) groups is 1. The Hall–Kier alpha value is -0.250. The quantitative estimate of drug-likeness (QED) is 0.840. The molecule has 1 unspecified atom stereocenters. The van der Waals surface area contributed by atoms with Gasteiger partial charge in [0, 0.05) is 18.0 Å². The summed E-state index contributed by atoms with van der Waals surface area (Å²) < 4.78 is 0. The summed E-state index contributed by atoms with van der Waals surface area (Å²) in [5, 5.41) is 4.72. The number of hydrogen-bond acceptors (Lipinski definition) is 3. The minimum absolute atomic E-state index is 0. The molecule has 2 rings (SSSR count). The zero-order valence-corrected chi connectivity index (χ0v) is 11.0. The van der Waals surface area contributed by atoms with Gasteiger partial charge in [-0.05, 0) is 37.9 Å². The average Bonchev–Trinajstić information content (AvgIpc) is 2.32. The van der Waals surface area contributed by atoms with E-state index in [4.69, 9.17) is 0 Å². The molecule has 2 nitrogen and oxygen atoms in total. The molecule has 0 spiro atoms. The number of aromatic nitrogens is 1. The smallest absolute Gasteiger partial charge is 0.0959 e. The Balaban J connectivity index is 0.00000128. The Kier molecular flexibility index (Phi) is 6.85. The number of halogens is 1. The molecule has 1 atom stereocenters. The summed E-state index contributed by atoms with van der Waals surface area (Å²) in [6.07, 6.45) is 7.22. The van der Waals surface area contributed by atoms with Gasteiger partial charge in [0.2, 0.25) is 0 Å². The molecule has 1 fully saturated rings. The van der Waals surface area contributed by atoms with Crippen LogP contribution in [0, 0.1) is 0 Å². The largest absolute Gasteiger partial charge is 0.314 e. The molecule has 0 aliphatic carbocycles. The van der Waals surface area contributed by atoms with E-state index in [1.807, 2.05) is 30.1 Å². The van der Waals surface area contributed by atoms with E-state index < -0.39 is 0 Å². The van der Waals surface area contributed by atoms with Crippen molar-refractivity contribution in [1.29, 1.82) is 0 Å². The van der Waals surface area contributed by atoms with Gasteiger partial charge in [0.15, 0.2) is 0 Å². The topological polar surface area (TPSA) is 24.9 Å². The number of nitrogens with one attached hydrogen (secondary N) is 1. The van der Waals surface area contributed by atoms with Crippen LogP contribution in [0.1, 0.15) is 25.7 Å². The lowest BCUT2D eigenvalue weighted by atomic mass is 10.0. The predicted molar refractivity (Wildman–Crippen MR) is 72.5 cm³/mol. The summed E-state index contributed by atoms with van der Waals surface area (Å²) in [5.74, 6) is 1.18. The number of pyridine rings is 1. The first-order chi connectivity index (χ1) is 7.45. The van der Waals surface area contributed by atoms with Gasteiger partial charge < -0.3 is 5.32 Å². The molecular formula is C12H19ClN2S. The lowest BCUT2D eigenvalue weighted by molar-refractivity contribution is 0.394. The minimum Gasteiger partial charge on any atom is -0.314 e. The zero-order valence-electron chi connectivity index (χ0n) is 9.39. The number of hydrogen-bond donors (Lipinski definition) is 1. The van der Waals surface area contributed by atoms with E-state index in [0.717, 1.165) is 11.1 Å². The fourth-order valence-corrected chi connectivity index (χ4v) is 2.83. The minimum atomic E-state index is 0. The number of nitrogens with zero attached hydrogens (tertiary/aromatic N) is 1. The molecule has 1 saturated heterocycles. The van der Waals surface area contributed by atoms with E-state index in [1.54, 1.807) is 0 Å². The van der Waals surface area contributed by atoms with Crippen molar-refractivity contribution in [1.82, 2.24) is 10.3 Å². The van der Waals surface area contributed by atoms with Crippen LogP contribution in [0.2, 0.25) is 0 Å². The SMILES string of the molecule is Cl.c1ccc(SCCC2CCCCN2)nc1. The third-order valence-corrected chi connectivity index (χ3v) is 3.74. The van der Waals surface area contributed by atoms with Crippen molar-refractivity contribution >= 4 is 24.2 Å². The second-order valence-electron chi connectivity index (χ2n) is 3.95. The van der Waals surface area contributed by atoms with Crippen molar-refractivity contribution in [2.45, 2.75) is 36.8 Å². The molecule has 1 aliphatic heterocycles. The van der Waals surface area contributed by atoms with E-state index in [2.05, 4.69) is 16.4 Å². The van der Waals surface area contributed by atoms with Crippen LogP contribution in [0.3, 0.4) is 0 Å². The summed E-state index contributed by atoms with van der Waals surface area (Å²) in [7, 11) is 0. The van der Waals surface area contributed by atoms with Gasteiger partial charge in [-0.25, -0.2) is 4.98 Å². The maximum Gasteiger partial charge on any atom is 0.0959 e. The summed E-state index contributed by atoms with van der Waals surface area (Å²) in [6.45, 7) is 1.21. The highest BCUT2D eigenvalue weighted by Gasteiger charge is 2.11. The molecule has 0 saturated carbocycles. The van der Waals surface area contributed by atoms with Crippen molar-refractivity contribution in [2.24, 2.45) is 0 Å². The van der Waals surface area contributed by atoms with Crippen molar-refractivity contribution in [3.8, 4) is 0 Å². The maximum absolute atomic E-state index is 4.30. The molecule has 1 aromatic rings. The van der Waals surface area contributed by atoms with E-state index in [-0.39, 0.29) is 12.4 Å². The fraction of sp³-hybridized carbons (Fsp3) is 0.583. The maximum atomic E-state index is 4.30. The summed E-state index contributed by atoms with van der Waals surface area (Å²) in [6, 6.07) is 6.84. The molecule has 16 heavy (non-hydrogen) atoms. The summed E-state index contributed by atoms with van der Waals surface area (Å²) in [5.41, 5.74) is 0. The lowest BCUT2D eigenvalue weighted by Crippen LogP contribution is -2.34. The lowest BCUT2D eigenvalue weighted by Gasteiger charge is -2.22. The Morgan fingerprint density at radius 2 is 2.31 bits per heavy atom. The number of piperidine rings is 1.